The van der Waals surface area contributed by atoms with Crippen LogP contribution in [0.3, 0.4) is 0 Å². The third-order valence-corrected chi connectivity index (χ3v) is 3.17. The van der Waals surface area contributed by atoms with Crippen LogP contribution in [0.5, 0.6) is 0 Å². The lowest BCUT2D eigenvalue weighted by Gasteiger charge is -1.89. The SMILES string of the molecule is NC(=O)c1ccccc1.NC(=O)c1ccccc1.NC(=O)c1ccccc1. The highest BCUT2D eigenvalue weighted by Gasteiger charge is 1.95. The highest BCUT2D eigenvalue weighted by atomic mass is 16.1. The molecule has 6 N–H and O–H groups in total. The van der Waals surface area contributed by atoms with Gasteiger partial charge in [-0.3, -0.25) is 14.4 Å². The summed E-state index contributed by atoms with van der Waals surface area (Å²) in [5.41, 5.74) is 16.6. The maximum atomic E-state index is 10.4. The lowest BCUT2D eigenvalue weighted by atomic mass is 10.2. The van der Waals surface area contributed by atoms with Gasteiger partial charge in [-0.2, -0.15) is 0 Å². The molecule has 3 aromatic carbocycles. The molecule has 27 heavy (non-hydrogen) atoms. The Balaban J connectivity index is 0.000000202. The van der Waals surface area contributed by atoms with Crippen molar-refractivity contribution >= 4 is 17.7 Å². The van der Waals surface area contributed by atoms with Gasteiger partial charge in [0.25, 0.3) is 0 Å². The predicted octanol–water partition coefficient (Wildman–Crippen LogP) is 2.36. The Kier molecular flexibility index (Phi) is 9.07. The first kappa shape index (κ1) is 21.1. The normalized spacial score (nSPS) is 8.89. The van der Waals surface area contributed by atoms with Crippen LogP contribution in [0.1, 0.15) is 31.1 Å². The molecule has 0 aromatic heterocycles. The summed E-state index contributed by atoms with van der Waals surface area (Å²) in [5, 5.41) is 0. The van der Waals surface area contributed by atoms with Crippen molar-refractivity contribution in [3.8, 4) is 0 Å². The van der Waals surface area contributed by atoms with Gasteiger partial charge in [0.15, 0.2) is 0 Å². The maximum Gasteiger partial charge on any atom is 0.248 e. The Morgan fingerprint density at radius 3 is 0.704 bits per heavy atom. The van der Waals surface area contributed by atoms with Crippen molar-refractivity contribution in [3.63, 3.8) is 0 Å². The van der Waals surface area contributed by atoms with Crippen LogP contribution < -0.4 is 17.2 Å². The number of rotatable bonds is 3. The summed E-state index contributed by atoms with van der Waals surface area (Å²) in [6, 6.07) is 26.3. The van der Waals surface area contributed by atoms with Crippen molar-refractivity contribution in [2.75, 3.05) is 0 Å². The number of carbonyl (C=O) groups is 3. The van der Waals surface area contributed by atoms with Gasteiger partial charge in [0.1, 0.15) is 0 Å². The van der Waals surface area contributed by atoms with Gasteiger partial charge in [-0.1, -0.05) is 54.6 Å². The van der Waals surface area contributed by atoms with E-state index in [1.54, 1.807) is 72.8 Å². The Morgan fingerprint density at radius 1 is 0.407 bits per heavy atom. The minimum Gasteiger partial charge on any atom is -0.366 e. The lowest BCUT2D eigenvalue weighted by molar-refractivity contribution is 0.0992. The van der Waals surface area contributed by atoms with Crippen molar-refractivity contribution in [1.29, 1.82) is 0 Å². The molecular weight excluding hydrogens is 342 g/mol. The predicted molar refractivity (Wildman–Crippen MR) is 105 cm³/mol. The van der Waals surface area contributed by atoms with E-state index >= 15 is 0 Å². The summed E-state index contributed by atoms with van der Waals surface area (Å²) in [5.74, 6) is -1.14. The van der Waals surface area contributed by atoms with E-state index in [0.717, 1.165) is 0 Å². The molecule has 0 aliphatic carbocycles. The molecule has 0 fully saturated rings. The number of amides is 3. The van der Waals surface area contributed by atoms with E-state index in [1.807, 2.05) is 18.2 Å². The number of carbonyl (C=O) groups excluding carboxylic acids is 3. The topological polar surface area (TPSA) is 129 Å². The first-order chi connectivity index (χ1) is 12.9. The zero-order valence-corrected chi connectivity index (χ0v) is 14.6. The van der Waals surface area contributed by atoms with Crippen LogP contribution in [-0.4, -0.2) is 17.7 Å². The van der Waals surface area contributed by atoms with Gasteiger partial charge in [0.2, 0.25) is 17.7 Å². The van der Waals surface area contributed by atoms with E-state index in [-0.39, 0.29) is 17.7 Å². The summed E-state index contributed by atoms with van der Waals surface area (Å²) >= 11 is 0. The van der Waals surface area contributed by atoms with Gasteiger partial charge in [-0.15, -0.1) is 0 Å². The van der Waals surface area contributed by atoms with E-state index in [1.165, 1.54) is 0 Å². The van der Waals surface area contributed by atoms with E-state index in [2.05, 4.69) is 0 Å². The second-order valence-electron chi connectivity index (χ2n) is 5.19. The average Bonchev–Trinajstić information content (AvgIpc) is 2.71. The Labute approximate surface area is 157 Å². The standard InChI is InChI=1S/3C7H7NO/c3*8-7(9)6-4-2-1-3-5-6/h3*1-5H,(H2,8,9). The number of hydrogen-bond acceptors (Lipinski definition) is 3. The Hall–Kier alpha value is -3.93. The number of nitrogens with two attached hydrogens (primary N) is 3. The summed E-state index contributed by atoms with van der Waals surface area (Å²) in [6.07, 6.45) is 0. The van der Waals surface area contributed by atoms with Crippen molar-refractivity contribution in [1.82, 2.24) is 0 Å². The van der Waals surface area contributed by atoms with Crippen molar-refractivity contribution < 1.29 is 14.4 Å². The highest BCUT2D eigenvalue weighted by molar-refractivity contribution is 5.93. The van der Waals surface area contributed by atoms with E-state index in [9.17, 15) is 14.4 Å². The molecule has 0 saturated carbocycles. The summed E-state index contributed by atoms with van der Waals surface area (Å²) in [4.78, 5) is 31.3. The first-order valence-corrected chi connectivity index (χ1v) is 7.96. The molecule has 0 heterocycles. The van der Waals surface area contributed by atoms with E-state index < -0.39 is 0 Å². The molecule has 0 spiro atoms. The molecule has 0 bridgehead atoms. The summed E-state index contributed by atoms with van der Waals surface area (Å²) in [7, 11) is 0. The molecule has 0 saturated heterocycles. The van der Waals surface area contributed by atoms with Gasteiger partial charge in [-0.05, 0) is 36.4 Å². The minimum atomic E-state index is -0.379. The van der Waals surface area contributed by atoms with Gasteiger partial charge in [-0.25, -0.2) is 0 Å². The maximum absolute atomic E-state index is 10.4. The smallest absolute Gasteiger partial charge is 0.248 e. The van der Waals surface area contributed by atoms with Gasteiger partial charge in [0, 0.05) is 16.7 Å². The van der Waals surface area contributed by atoms with Gasteiger partial charge in [0.05, 0.1) is 0 Å². The lowest BCUT2D eigenvalue weighted by Crippen LogP contribution is -2.09. The third kappa shape index (κ3) is 8.64. The molecule has 6 nitrogen and oxygen atoms in total. The van der Waals surface area contributed by atoms with Crippen molar-refractivity contribution in [2.45, 2.75) is 0 Å². The molecule has 0 aliphatic heterocycles. The molecule has 138 valence electrons. The number of primary amides is 3. The van der Waals surface area contributed by atoms with E-state index in [0.29, 0.717) is 16.7 Å². The largest absolute Gasteiger partial charge is 0.366 e. The van der Waals surface area contributed by atoms with Gasteiger partial charge >= 0.3 is 0 Å². The molecule has 3 aromatic rings. The third-order valence-electron chi connectivity index (χ3n) is 3.17. The molecule has 3 rings (SSSR count). The fourth-order valence-corrected chi connectivity index (χ4v) is 1.81. The summed E-state index contributed by atoms with van der Waals surface area (Å²) in [6.45, 7) is 0. The molecule has 6 heteroatoms. The molecule has 0 unspecified atom stereocenters. The van der Waals surface area contributed by atoms with Crippen LogP contribution in [0.25, 0.3) is 0 Å². The Bertz CT molecular complexity index is 734. The Morgan fingerprint density at radius 2 is 0.593 bits per heavy atom. The zero-order valence-electron chi connectivity index (χ0n) is 14.6. The van der Waals surface area contributed by atoms with Crippen LogP contribution in [0.15, 0.2) is 91.0 Å². The second kappa shape index (κ2) is 11.6. The fourth-order valence-electron chi connectivity index (χ4n) is 1.81. The van der Waals surface area contributed by atoms with Crippen LogP contribution in [0.4, 0.5) is 0 Å². The number of benzene rings is 3. The molecule has 0 aliphatic rings. The van der Waals surface area contributed by atoms with Crippen LogP contribution in [-0.2, 0) is 0 Å². The van der Waals surface area contributed by atoms with Crippen LogP contribution in [0.2, 0.25) is 0 Å². The van der Waals surface area contributed by atoms with Crippen molar-refractivity contribution in [3.05, 3.63) is 108 Å². The molecule has 0 atom stereocenters. The molecule has 0 radical (unpaired) electrons. The second-order valence-corrected chi connectivity index (χ2v) is 5.19. The minimum absolute atomic E-state index is 0.379. The first-order valence-electron chi connectivity index (χ1n) is 7.96. The van der Waals surface area contributed by atoms with Crippen LogP contribution >= 0.6 is 0 Å². The quantitative estimate of drug-likeness (QED) is 0.660. The van der Waals surface area contributed by atoms with Gasteiger partial charge < -0.3 is 17.2 Å². The van der Waals surface area contributed by atoms with Crippen molar-refractivity contribution in [2.24, 2.45) is 17.2 Å². The molecule has 3 amide bonds. The van der Waals surface area contributed by atoms with Crippen LogP contribution in [0, 0.1) is 0 Å². The summed E-state index contributed by atoms with van der Waals surface area (Å²) < 4.78 is 0. The highest BCUT2D eigenvalue weighted by Crippen LogP contribution is 1.96. The number of hydrogen-bond donors (Lipinski definition) is 3. The average molecular weight is 363 g/mol. The molecular formula is C21H21N3O3. The monoisotopic (exact) mass is 363 g/mol. The zero-order chi connectivity index (χ0) is 20.1. The van der Waals surface area contributed by atoms with E-state index in [4.69, 9.17) is 17.2 Å². The fraction of sp³-hybridized carbons (Fsp3) is 0.